The highest BCUT2D eigenvalue weighted by atomic mass is 16.7. The Labute approximate surface area is 82.0 Å². The second-order valence-electron chi connectivity index (χ2n) is 2.97. The third-order valence-electron chi connectivity index (χ3n) is 2.13. The minimum Gasteiger partial charge on any atom is -0.504 e. The lowest BCUT2D eigenvalue weighted by Crippen LogP contribution is -1.99. The van der Waals surface area contributed by atoms with Gasteiger partial charge in [0.1, 0.15) is 0 Å². The van der Waals surface area contributed by atoms with E-state index in [4.69, 9.17) is 14.2 Å². The molecule has 0 bridgehead atoms. The van der Waals surface area contributed by atoms with Crippen molar-refractivity contribution in [2.45, 2.75) is 6.29 Å². The van der Waals surface area contributed by atoms with Gasteiger partial charge >= 0.3 is 0 Å². The highest BCUT2D eigenvalue weighted by Gasteiger charge is 2.22. The van der Waals surface area contributed by atoms with Crippen molar-refractivity contribution < 1.29 is 19.3 Å². The molecule has 1 saturated heterocycles. The first kappa shape index (κ1) is 9.30. The molecule has 1 fully saturated rings. The molecule has 0 spiro atoms. The second kappa shape index (κ2) is 3.86. The molecular formula is C10H12O4. The monoisotopic (exact) mass is 196 g/mol. The Morgan fingerprint density at radius 3 is 2.71 bits per heavy atom. The molecule has 2 rings (SSSR count). The summed E-state index contributed by atoms with van der Waals surface area (Å²) in [5.74, 6) is 0.517. The highest BCUT2D eigenvalue weighted by molar-refractivity contribution is 5.46. The Bertz CT molecular complexity index is 318. The van der Waals surface area contributed by atoms with Crippen LogP contribution in [-0.2, 0) is 9.47 Å². The molecule has 0 saturated carbocycles. The van der Waals surface area contributed by atoms with Gasteiger partial charge in [-0.15, -0.1) is 0 Å². The lowest BCUT2D eigenvalue weighted by Gasteiger charge is -2.12. The van der Waals surface area contributed by atoms with Gasteiger partial charge in [0.15, 0.2) is 17.8 Å². The molecule has 0 amide bonds. The van der Waals surface area contributed by atoms with Gasteiger partial charge in [-0.3, -0.25) is 0 Å². The van der Waals surface area contributed by atoms with E-state index in [1.165, 1.54) is 7.11 Å². The summed E-state index contributed by atoms with van der Waals surface area (Å²) in [5, 5.41) is 9.76. The first-order valence-electron chi connectivity index (χ1n) is 4.42. The molecule has 0 aromatic heterocycles. The lowest BCUT2D eigenvalue weighted by atomic mass is 10.2. The van der Waals surface area contributed by atoms with Crippen molar-refractivity contribution in [1.29, 1.82) is 0 Å². The predicted octanol–water partition coefficient (Wildman–Crippen LogP) is 1.45. The summed E-state index contributed by atoms with van der Waals surface area (Å²) < 4.78 is 15.5. The van der Waals surface area contributed by atoms with Crippen LogP contribution in [0, 0.1) is 0 Å². The van der Waals surface area contributed by atoms with E-state index < -0.39 is 6.29 Å². The van der Waals surface area contributed by atoms with Crippen molar-refractivity contribution >= 4 is 0 Å². The standard InChI is InChI=1S/C10H12O4/c1-12-8-4-2-3-7(9(8)11)10-13-5-6-14-10/h2-4,10-11H,5-6H2,1H3. The van der Waals surface area contributed by atoms with Crippen molar-refractivity contribution in [2.24, 2.45) is 0 Å². The number of benzene rings is 1. The van der Waals surface area contributed by atoms with E-state index in [2.05, 4.69) is 0 Å². The maximum Gasteiger partial charge on any atom is 0.187 e. The molecule has 1 aliphatic rings. The van der Waals surface area contributed by atoms with Crippen LogP contribution in [0.2, 0.25) is 0 Å². The first-order chi connectivity index (χ1) is 6.83. The molecule has 0 radical (unpaired) electrons. The molecule has 1 N–H and O–H groups in total. The van der Waals surface area contributed by atoms with Gasteiger partial charge < -0.3 is 19.3 Å². The minimum absolute atomic E-state index is 0.0851. The van der Waals surface area contributed by atoms with E-state index in [-0.39, 0.29) is 5.75 Å². The summed E-state index contributed by atoms with van der Waals surface area (Å²) in [7, 11) is 1.51. The Morgan fingerprint density at radius 2 is 2.07 bits per heavy atom. The zero-order chi connectivity index (χ0) is 9.97. The average molecular weight is 196 g/mol. The number of hydrogen-bond donors (Lipinski definition) is 1. The van der Waals surface area contributed by atoms with Crippen LogP contribution >= 0.6 is 0 Å². The topological polar surface area (TPSA) is 47.9 Å². The van der Waals surface area contributed by atoms with E-state index in [0.717, 1.165) is 0 Å². The molecule has 1 heterocycles. The van der Waals surface area contributed by atoms with E-state index in [9.17, 15) is 5.11 Å². The Balaban J connectivity index is 2.32. The molecule has 0 atom stereocenters. The smallest absolute Gasteiger partial charge is 0.187 e. The van der Waals surface area contributed by atoms with Gasteiger partial charge in [-0.2, -0.15) is 0 Å². The number of phenols is 1. The molecule has 1 aliphatic heterocycles. The number of aromatic hydroxyl groups is 1. The van der Waals surface area contributed by atoms with Crippen LogP contribution in [0.1, 0.15) is 11.9 Å². The molecule has 4 heteroatoms. The third-order valence-corrected chi connectivity index (χ3v) is 2.13. The van der Waals surface area contributed by atoms with Gasteiger partial charge in [0, 0.05) is 0 Å². The molecule has 4 nitrogen and oxygen atoms in total. The number of methoxy groups -OCH3 is 1. The fourth-order valence-electron chi connectivity index (χ4n) is 1.43. The summed E-state index contributed by atoms with van der Waals surface area (Å²) in [4.78, 5) is 0. The van der Waals surface area contributed by atoms with Crippen LogP contribution in [0.4, 0.5) is 0 Å². The van der Waals surface area contributed by atoms with Crippen LogP contribution in [0.5, 0.6) is 11.5 Å². The van der Waals surface area contributed by atoms with Crippen LogP contribution in [0.15, 0.2) is 18.2 Å². The van der Waals surface area contributed by atoms with Gasteiger partial charge in [0.25, 0.3) is 0 Å². The Morgan fingerprint density at radius 1 is 1.36 bits per heavy atom. The van der Waals surface area contributed by atoms with Crippen molar-refractivity contribution in [3.8, 4) is 11.5 Å². The fourth-order valence-corrected chi connectivity index (χ4v) is 1.43. The first-order valence-corrected chi connectivity index (χ1v) is 4.42. The van der Waals surface area contributed by atoms with Crippen molar-refractivity contribution in [3.05, 3.63) is 23.8 Å². The number of hydrogen-bond acceptors (Lipinski definition) is 4. The maximum absolute atomic E-state index is 9.76. The van der Waals surface area contributed by atoms with Crippen LogP contribution in [0.3, 0.4) is 0 Å². The largest absolute Gasteiger partial charge is 0.504 e. The van der Waals surface area contributed by atoms with Gasteiger partial charge in [0.05, 0.1) is 25.9 Å². The Kier molecular flexibility index (Phi) is 2.56. The van der Waals surface area contributed by atoms with Crippen molar-refractivity contribution in [1.82, 2.24) is 0 Å². The number of phenolic OH excluding ortho intramolecular Hbond substituents is 1. The number of para-hydroxylation sites is 1. The summed E-state index contributed by atoms with van der Waals surface area (Å²) in [5.41, 5.74) is 0.613. The van der Waals surface area contributed by atoms with Crippen molar-refractivity contribution in [3.63, 3.8) is 0 Å². The maximum atomic E-state index is 9.76. The van der Waals surface area contributed by atoms with Crippen LogP contribution < -0.4 is 4.74 Å². The lowest BCUT2D eigenvalue weighted by molar-refractivity contribution is -0.0456. The van der Waals surface area contributed by atoms with Gasteiger partial charge in [0.2, 0.25) is 0 Å². The van der Waals surface area contributed by atoms with Gasteiger partial charge in [-0.25, -0.2) is 0 Å². The van der Waals surface area contributed by atoms with E-state index in [1.54, 1.807) is 18.2 Å². The molecule has 1 aromatic rings. The van der Waals surface area contributed by atoms with Crippen molar-refractivity contribution in [2.75, 3.05) is 20.3 Å². The second-order valence-corrected chi connectivity index (χ2v) is 2.97. The molecular weight excluding hydrogens is 184 g/mol. The SMILES string of the molecule is COc1cccc(C2OCCO2)c1O. The Hall–Kier alpha value is -1.26. The summed E-state index contributed by atoms with van der Waals surface area (Å²) in [6.45, 7) is 1.11. The van der Waals surface area contributed by atoms with E-state index in [1.807, 2.05) is 0 Å². The number of rotatable bonds is 2. The summed E-state index contributed by atoms with van der Waals surface area (Å²) in [6, 6.07) is 5.24. The molecule has 0 aliphatic carbocycles. The molecule has 14 heavy (non-hydrogen) atoms. The van der Waals surface area contributed by atoms with Gasteiger partial charge in [-0.1, -0.05) is 6.07 Å². The highest BCUT2D eigenvalue weighted by Crippen LogP contribution is 2.36. The fraction of sp³-hybridized carbons (Fsp3) is 0.400. The molecule has 1 aromatic carbocycles. The third kappa shape index (κ3) is 1.54. The summed E-state index contributed by atoms with van der Waals surface area (Å²) in [6.07, 6.45) is -0.468. The average Bonchev–Trinajstić information content (AvgIpc) is 2.71. The zero-order valence-corrected chi connectivity index (χ0v) is 7.90. The summed E-state index contributed by atoms with van der Waals surface area (Å²) >= 11 is 0. The van der Waals surface area contributed by atoms with E-state index >= 15 is 0 Å². The predicted molar refractivity (Wildman–Crippen MR) is 49.3 cm³/mol. The minimum atomic E-state index is -0.468. The van der Waals surface area contributed by atoms with Crippen LogP contribution in [-0.4, -0.2) is 25.4 Å². The number of ether oxygens (including phenoxy) is 3. The normalized spacial score (nSPS) is 17.2. The molecule has 0 unspecified atom stereocenters. The quantitative estimate of drug-likeness (QED) is 0.777. The van der Waals surface area contributed by atoms with Crippen LogP contribution in [0.25, 0.3) is 0 Å². The molecule has 76 valence electrons. The zero-order valence-electron chi connectivity index (χ0n) is 7.90. The van der Waals surface area contributed by atoms with Gasteiger partial charge in [-0.05, 0) is 12.1 Å². The van der Waals surface area contributed by atoms with E-state index in [0.29, 0.717) is 24.5 Å².